The van der Waals surface area contributed by atoms with Gasteiger partial charge in [0.15, 0.2) is 0 Å². The van der Waals surface area contributed by atoms with Gasteiger partial charge in [0.05, 0.1) is 13.7 Å². The van der Waals surface area contributed by atoms with Gasteiger partial charge in [0.25, 0.3) is 0 Å². The normalized spacial score (nSPS) is 18.3. The third-order valence-electron chi connectivity index (χ3n) is 4.44. The van der Waals surface area contributed by atoms with Gasteiger partial charge in [0.1, 0.15) is 23.2 Å². The van der Waals surface area contributed by atoms with E-state index >= 15 is 0 Å². The minimum Gasteiger partial charge on any atom is -0.496 e. The first-order valence-corrected chi connectivity index (χ1v) is 7.71. The predicted octanol–water partition coefficient (Wildman–Crippen LogP) is 2.32. The molecule has 0 saturated heterocycles. The molecule has 1 aliphatic carbocycles. The van der Waals surface area contributed by atoms with Gasteiger partial charge in [-0.25, -0.2) is 4.39 Å². The third kappa shape index (κ3) is 2.47. The van der Waals surface area contributed by atoms with E-state index in [0.717, 1.165) is 42.6 Å². The van der Waals surface area contributed by atoms with Crippen LogP contribution in [0.4, 0.5) is 4.39 Å². The summed E-state index contributed by atoms with van der Waals surface area (Å²) in [6, 6.07) is 4.66. The van der Waals surface area contributed by atoms with Crippen LogP contribution in [0.5, 0.6) is 5.75 Å². The standard InChI is InChI=1S/C16H19FN4O/c1-22-14-5-4-13(17)8-12(14)9-20-6-7-21-15(10-20)18-19-16(21)11-2-3-11/h4-5,8,11H,2-3,6-7,9-10H2,1H3. The fraction of sp³-hybridized carbons (Fsp3) is 0.500. The molecule has 1 aromatic carbocycles. The Hall–Kier alpha value is -1.95. The van der Waals surface area contributed by atoms with Gasteiger partial charge in [-0.15, -0.1) is 10.2 Å². The fourth-order valence-electron chi connectivity index (χ4n) is 3.12. The summed E-state index contributed by atoms with van der Waals surface area (Å²) in [5, 5.41) is 8.69. The van der Waals surface area contributed by atoms with Crippen LogP contribution in [0.3, 0.4) is 0 Å². The minimum atomic E-state index is -0.230. The quantitative estimate of drug-likeness (QED) is 0.869. The summed E-state index contributed by atoms with van der Waals surface area (Å²) in [5.74, 6) is 3.29. The molecule has 1 saturated carbocycles. The highest BCUT2D eigenvalue weighted by Gasteiger charge is 2.32. The zero-order valence-electron chi connectivity index (χ0n) is 12.6. The van der Waals surface area contributed by atoms with Crippen molar-refractivity contribution in [1.29, 1.82) is 0 Å². The number of aromatic nitrogens is 3. The molecule has 6 heteroatoms. The van der Waals surface area contributed by atoms with Crippen molar-refractivity contribution >= 4 is 0 Å². The molecule has 2 aromatic rings. The highest BCUT2D eigenvalue weighted by molar-refractivity contribution is 5.34. The second-order valence-corrected chi connectivity index (χ2v) is 6.07. The van der Waals surface area contributed by atoms with E-state index in [9.17, 15) is 4.39 Å². The molecule has 0 bridgehead atoms. The minimum absolute atomic E-state index is 0.230. The second kappa shape index (κ2) is 5.35. The van der Waals surface area contributed by atoms with Gasteiger partial charge in [-0.3, -0.25) is 4.90 Å². The van der Waals surface area contributed by atoms with Crippen LogP contribution in [0.1, 0.15) is 36.0 Å². The maximum absolute atomic E-state index is 13.5. The fourth-order valence-corrected chi connectivity index (χ4v) is 3.12. The van der Waals surface area contributed by atoms with Crippen molar-refractivity contribution in [2.24, 2.45) is 0 Å². The Bertz CT molecular complexity index is 695. The van der Waals surface area contributed by atoms with E-state index in [1.165, 1.54) is 18.9 Å². The van der Waals surface area contributed by atoms with Crippen LogP contribution in [-0.4, -0.2) is 33.3 Å². The summed E-state index contributed by atoms with van der Waals surface area (Å²) < 4.78 is 21.1. The van der Waals surface area contributed by atoms with Crippen LogP contribution in [0, 0.1) is 5.82 Å². The van der Waals surface area contributed by atoms with E-state index < -0.39 is 0 Å². The van der Waals surface area contributed by atoms with E-state index in [0.29, 0.717) is 12.5 Å². The lowest BCUT2D eigenvalue weighted by Gasteiger charge is -2.28. The molecule has 2 aliphatic rings. The zero-order chi connectivity index (χ0) is 15.1. The topological polar surface area (TPSA) is 43.2 Å². The van der Waals surface area contributed by atoms with Gasteiger partial charge in [0.2, 0.25) is 0 Å². The van der Waals surface area contributed by atoms with Crippen LogP contribution in [0.2, 0.25) is 0 Å². The number of halogens is 1. The number of fused-ring (bicyclic) bond motifs is 1. The first kappa shape index (κ1) is 13.7. The van der Waals surface area contributed by atoms with Gasteiger partial charge in [-0.05, 0) is 31.0 Å². The lowest BCUT2D eigenvalue weighted by Crippen LogP contribution is -2.34. The van der Waals surface area contributed by atoms with E-state index in [-0.39, 0.29) is 5.82 Å². The first-order chi connectivity index (χ1) is 10.7. The molecule has 5 nitrogen and oxygen atoms in total. The van der Waals surface area contributed by atoms with Crippen molar-refractivity contribution in [2.45, 2.75) is 38.4 Å². The van der Waals surface area contributed by atoms with Crippen LogP contribution in [0.15, 0.2) is 18.2 Å². The van der Waals surface area contributed by atoms with Crippen molar-refractivity contribution in [3.63, 3.8) is 0 Å². The van der Waals surface area contributed by atoms with E-state index in [1.54, 1.807) is 19.2 Å². The molecule has 0 radical (unpaired) electrons. The van der Waals surface area contributed by atoms with E-state index in [2.05, 4.69) is 19.7 Å². The maximum Gasteiger partial charge on any atom is 0.147 e. The van der Waals surface area contributed by atoms with Crippen molar-refractivity contribution in [1.82, 2.24) is 19.7 Å². The van der Waals surface area contributed by atoms with Gasteiger partial charge in [-0.2, -0.15) is 0 Å². The summed E-state index contributed by atoms with van der Waals surface area (Å²) in [4.78, 5) is 2.26. The van der Waals surface area contributed by atoms with Gasteiger partial charge < -0.3 is 9.30 Å². The molecule has 0 amide bonds. The molecular formula is C16H19FN4O. The number of benzene rings is 1. The van der Waals surface area contributed by atoms with Crippen LogP contribution in [0.25, 0.3) is 0 Å². The Labute approximate surface area is 128 Å². The molecule has 1 aromatic heterocycles. The number of hydrogen-bond acceptors (Lipinski definition) is 4. The molecule has 0 N–H and O–H groups in total. The highest BCUT2D eigenvalue weighted by atomic mass is 19.1. The van der Waals surface area contributed by atoms with E-state index in [1.807, 2.05) is 0 Å². The first-order valence-electron chi connectivity index (χ1n) is 7.71. The molecule has 0 spiro atoms. The number of nitrogens with zero attached hydrogens (tertiary/aromatic N) is 4. The summed E-state index contributed by atoms with van der Waals surface area (Å²) in [7, 11) is 1.62. The van der Waals surface area contributed by atoms with Gasteiger partial charge >= 0.3 is 0 Å². The third-order valence-corrected chi connectivity index (χ3v) is 4.44. The molecule has 1 fully saturated rings. The molecule has 1 aliphatic heterocycles. The second-order valence-electron chi connectivity index (χ2n) is 6.07. The van der Waals surface area contributed by atoms with Crippen LogP contribution >= 0.6 is 0 Å². The molecule has 0 unspecified atom stereocenters. The summed E-state index contributed by atoms with van der Waals surface area (Å²) >= 11 is 0. The predicted molar refractivity (Wildman–Crippen MR) is 79.1 cm³/mol. The Morgan fingerprint density at radius 2 is 2.14 bits per heavy atom. The zero-order valence-corrected chi connectivity index (χ0v) is 12.6. The molecule has 116 valence electrons. The molecule has 22 heavy (non-hydrogen) atoms. The smallest absolute Gasteiger partial charge is 0.147 e. The summed E-state index contributed by atoms with van der Waals surface area (Å²) in [5.41, 5.74) is 0.873. The Balaban J connectivity index is 1.52. The van der Waals surface area contributed by atoms with Crippen LogP contribution in [-0.2, 0) is 19.6 Å². The van der Waals surface area contributed by atoms with Gasteiger partial charge in [0, 0.05) is 31.1 Å². The molecule has 2 heterocycles. The van der Waals surface area contributed by atoms with E-state index in [4.69, 9.17) is 4.74 Å². The van der Waals surface area contributed by atoms with Crippen molar-refractivity contribution in [3.8, 4) is 5.75 Å². The van der Waals surface area contributed by atoms with Crippen molar-refractivity contribution in [2.75, 3.05) is 13.7 Å². The largest absolute Gasteiger partial charge is 0.496 e. The Morgan fingerprint density at radius 3 is 2.91 bits per heavy atom. The van der Waals surface area contributed by atoms with Crippen LogP contribution < -0.4 is 4.74 Å². The molecular weight excluding hydrogens is 283 g/mol. The molecule has 0 atom stereocenters. The Morgan fingerprint density at radius 1 is 1.27 bits per heavy atom. The maximum atomic E-state index is 13.5. The SMILES string of the molecule is COc1ccc(F)cc1CN1CCn2c(nnc2C2CC2)C1. The number of hydrogen-bond donors (Lipinski definition) is 0. The van der Waals surface area contributed by atoms with Crippen molar-refractivity contribution in [3.05, 3.63) is 41.2 Å². The summed E-state index contributed by atoms with van der Waals surface area (Å²) in [6.07, 6.45) is 2.48. The monoisotopic (exact) mass is 302 g/mol. The Kier molecular flexibility index (Phi) is 3.33. The number of methoxy groups -OCH3 is 1. The van der Waals surface area contributed by atoms with Gasteiger partial charge in [-0.1, -0.05) is 0 Å². The number of ether oxygens (including phenoxy) is 1. The lowest BCUT2D eigenvalue weighted by atomic mass is 10.1. The average molecular weight is 302 g/mol. The average Bonchev–Trinajstić information content (AvgIpc) is 3.27. The number of rotatable bonds is 4. The van der Waals surface area contributed by atoms with Crippen molar-refractivity contribution < 1.29 is 9.13 Å². The highest BCUT2D eigenvalue weighted by Crippen LogP contribution is 2.39. The lowest BCUT2D eigenvalue weighted by molar-refractivity contribution is 0.204. The molecule has 4 rings (SSSR count). The summed E-state index contributed by atoms with van der Waals surface area (Å²) in [6.45, 7) is 3.24.